The molecule has 1 heterocycles. The molecule has 0 bridgehead atoms. The van der Waals surface area contributed by atoms with Crippen molar-refractivity contribution in [3.05, 3.63) is 29.8 Å². The number of carbonyl (C=O) groups is 2. The summed E-state index contributed by atoms with van der Waals surface area (Å²) in [4.78, 5) is 27.6. The van der Waals surface area contributed by atoms with E-state index in [0.29, 0.717) is 11.7 Å². The van der Waals surface area contributed by atoms with E-state index in [1.165, 1.54) is 11.8 Å². The Morgan fingerprint density at radius 1 is 1.40 bits per heavy atom. The number of nitrogens with one attached hydrogen (secondary N) is 2. The first-order valence-electron chi connectivity index (χ1n) is 6.48. The number of hydrogen-bond donors (Lipinski definition) is 2. The Bertz CT molecular complexity index is 540. The third-order valence-corrected chi connectivity index (χ3v) is 3.87. The summed E-state index contributed by atoms with van der Waals surface area (Å²) in [6, 6.07) is 7.72. The zero-order valence-electron chi connectivity index (χ0n) is 11.5. The normalized spacial score (nSPS) is 20.0. The first kappa shape index (κ1) is 14.6. The molecule has 106 valence electrons. The summed E-state index contributed by atoms with van der Waals surface area (Å²) in [5, 5.41) is 5.55. The van der Waals surface area contributed by atoms with Gasteiger partial charge in [-0.25, -0.2) is 4.99 Å². The van der Waals surface area contributed by atoms with Gasteiger partial charge in [0.2, 0.25) is 11.8 Å². The van der Waals surface area contributed by atoms with Crippen LogP contribution in [0.2, 0.25) is 0 Å². The van der Waals surface area contributed by atoms with Crippen LogP contribution in [0.5, 0.6) is 0 Å². The van der Waals surface area contributed by atoms with E-state index in [4.69, 9.17) is 0 Å². The second kappa shape index (κ2) is 6.56. The van der Waals surface area contributed by atoms with Gasteiger partial charge in [-0.05, 0) is 26.0 Å². The molecule has 0 aromatic heterocycles. The molecule has 6 heteroatoms. The van der Waals surface area contributed by atoms with Crippen LogP contribution in [0.1, 0.15) is 18.9 Å². The van der Waals surface area contributed by atoms with Crippen LogP contribution in [0.3, 0.4) is 0 Å². The molecule has 1 aromatic carbocycles. The maximum atomic E-state index is 11.8. The minimum Gasteiger partial charge on any atom is -0.356 e. The van der Waals surface area contributed by atoms with Crippen molar-refractivity contribution in [2.75, 3.05) is 6.54 Å². The fraction of sp³-hybridized carbons (Fsp3) is 0.357. The van der Waals surface area contributed by atoms with E-state index in [-0.39, 0.29) is 18.2 Å². The van der Waals surface area contributed by atoms with Gasteiger partial charge in [0.15, 0.2) is 5.17 Å². The van der Waals surface area contributed by atoms with Crippen LogP contribution in [0, 0.1) is 6.92 Å². The van der Waals surface area contributed by atoms with Crippen molar-refractivity contribution < 1.29 is 9.59 Å². The number of thioether (sulfide) groups is 1. The van der Waals surface area contributed by atoms with Crippen LogP contribution in [0.4, 0.5) is 5.69 Å². The van der Waals surface area contributed by atoms with Crippen molar-refractivity contribution >= 4 is 34.4 Å². The number of amides is 2. The first-order chi connectivity index (χ1) is 9.58. The highest BCUT2D eigenvalue weighted by atomic mass is 32.2. The lowest BCUT2D eigenvalue weighted by Gasteiger charge is -2.04. The van der Waals surface area contributed by atoms with E-state index in [1.54, 1.807) is 0 Å². The molecular weight excluding hydrogens is 274 g/mol. The number of aliphatic imine (C=N–C) groups is 1. The van der Waals surface area contributed by atoms with E-state index in [1.807, 2.05) is 38.1 Å². The molecule has 1 fully saturated rings. The molecule has 2 amide bonds. The summed E-state index contributed by atoms with van der Waals surface area (Å²) in [6.07, 6.45) is 0.178. The summed E-state index contributed by atoms with van der Waals surface area (Å²) < 4.78 is 0. The van der Waals surface area contributed by atoms with Gasteiger partial charge in [-0.2, -0.15) is 0 Å². The smallest absolute Gasteiger partial charge is 0.240 e. The van der Waals surface area contributed by atoms with Gasteiger partial charge in [-0.1, -0.05) is 29.5 Å². The maximum Gasteiger partial charge on any atom is 0.240 e. The van der Waals surface area contributed by atoms with Gasteiger partial charge in [-0.15, -0.1) is 0 Å². The zero-order chi connectivity index (χ0) is 14.5. The third kappa shape index (κ3) is 3.84. The largest absolute Gasteiger partial charge is 0.356 e. The molecule has 0 saturated carbocycles. The van der Waals surface area contributed by atoms with E-state index in [2.05, 4.69) is 15.6 Å². The molecule has 1 aliphatic rings. The molecule has 2 N–H and O–H groups in total. The van der Waals surface area contributed by atoms with E-state index >= 15 is 0 Å². The predicted octanol–water partition coefficient (Wildman–Crippen LogP) is 1.74. The molecular formula is C14H17N3O2S. The quantitative estimate of drug-likeness (QED) is 0.887. The molecule has 5 nitrogen and oxygen atoms in total. The Morgan fingerprint density at radius 2 is 2.10 bits per heavy atom. The average Bonchev–Trinajstić information content (AvgIpc) is 2.73. The van der Waals surface area contributed by atoms with Crippen molar-refractivity contribution in [1.29, 1.82) is 0 Å². The standard InChI is InChI=1S/C14H17N3O2S/c1-3-15-12(18)8-11-13(19)17-14(20-11)16-10-6-4-9(2)5-7-10/h4-7,11H,3,8H2,1-2H3,(H,15,18)(H,16,17,19)/t11-/m0/s1. The third-order valence-electron chi connectivity index (χ3n) is 2.79. The van der Waals surface area contributed by atoms with Gasteiger partial charge in [0, 0.05) is 13.0 Å². The second-order valence-electron chi connectivity index (χ2n) is 4.51. The first-order valence-corrected chi connectivity index (χ1v) is 7.36. The average molecular weight is 291 g/mol. The van der Waals surface area contributed by atoms with Crippen molar-refractivity contribution in [1.82, 2.24) is 10.6 Å². The number of carbonyl (C=O) groups excluding carboxylic acids is 2. The Morgan fingerprint density at radius 3 is 2.75 bits per heavy atom. The van der Waals surface area contributed by atoms with Gasteiger partial charge >= 0.3 is 0 Å². The lowest BCUT2D eigenvalue weighted by molar-refractivity contribution is -0.125. The Kier molecular flexibility index (Phi) is 4.79. The van der Waals surface area contributed by atoms with Crippen LogP contribution >= 0.6 is 11.8 Å². The monoisotopic (exact) mass is 291 g/mol. The summed E-state index contributed by atoms with van der Waals surface area (Å²) in [5.74, 6) is -0.274. The van der Waals surface area contributed by atoms with Crippen molar-refractivity contribution in [3.63, 3.8) is 0 Å². The van der Waals surface area contributed by atoms with Crippen LogP contribution in [-0.2, 0) is 9.59 Å². The molecule has 1 aromatic rings. The van der Waals surface area contributed by atoms with Gasteiger partial charge in [-0.3, -0.25) is 9.59 Å². The predicted molar refractivity (Wildman–Crippen MR) is 81.1 cm³/mol. The summed E-state index contributed by atoms with van der Waals surface area (Å²) in [7, 11) is 0. The fourth-order valence-corrected chi connectivity index (χ4v) is 2.75. The highest BCUT2D eigenvalue weighted by Crippen LogP contribution is 2.25. The summed E-state index contributed by atoms with van der Waals surface area (Å²) in [6.45, 7) is 4.43. The molecule has 0 unspecified atom stereocenters. The second-order valence-corrected chi connectivity index (χ2v) is 5.70. The van der Waals surface area contributed by atoms with Gasteiger partial charge in [0.25, 0.3) is 0 Å². The zero-order valence-corrected chi connectivity index (χ0v) is 12.3. The number of hydrogen-bond acceptors (Lipinski definition) is 4. The lowest BCUT2D eigenvalue weighted by Crippen LogP contribution is -2.31. The number of benzene rings is 1. The minimum atomic E-state index is -0.397. The molecule has 0 radical (unpaired) electrons. The molecule has 1 saturated heterocycles. The fourth-order valence-electron chi connectivity index (χ4n) is 1.77. The van der Waals surface area contributed by atoms with Crippen LogP contribution in [0.25, 0.3) is 0 Å². The summed E-state index contributed by atoms with van der Waals surface area (Å²) in [5.41, 5.74) is 1.95. The summed E-state index contributed by atoms with van der Waals surface area (Å²) >= 11 is 1.30. The number of amidine groups is 1. The van der Waals surface area contributed by atoms with Gasteiger partial charge in [0.1, 0.15) is 5.25 Å². The van der Waals surface area contributed by atoms with E-state index in [9.17, 15) is 9.59 Å². The van der Waals surface area contributed by atoms with Gasteiger partial charge < -0.3 is 10.6 Å². The molecule has 0 aliphatic carbocycles. The molecule has 0 spiro atoms. The highest BCUT2D eigenvalue weighted by Gasteiger charge is 2.31. The maximum absolute atomic E-state index is 11.8. The van der Waals surface area contributed by atoms with Crippen LogP contribution < -0.4 is 10.6 Å². The lowest BCUT2D eigenvalue weighted by atomic mass is 10.2. The number of aryl methyl sites for hydroxylation is 1. The van der Waals surface area contributed by atoms with Crippen LogP contribution in [-0.4, -0.2) is 28.8 Å². The van der Waals surface area contributed by atoms with Crippen molar-refractivity contribution in [3.8, 4) is 0 Å². The van der Waals surface area contributed by atoms with Crippen LogP contribution in [0.15, 0.2) is 29.3 Å². The molecule has 1 atom stereocenters. The number of nitrogens with zero attached hydrogens (tertiary/aromatic N) is 1. The van der Waals surface area contributed by atoms with Crippen molar-refractivity contribution in [2.24, 2.45) is 4.99 Å². The van der Waals surface area contributed by atoms with E-state index < -0.39 is 5.25 Å². The number of rotatable bonds is 4. The topological polar surface area (TPSA) is 70.6 Å². The minimum absolute atomic E-state index is 0.114. The van der Waals surface area contributed by atoms with Gasteiger partial charge in [0.05, 0.1) is 5.69 Å². The molecule has 1 aliphatic heterocycles. The highest BCUT2D eigenvalue weighted by molar-refractivity contribution is 8.15. The Hall–Kier alpha value is -1.82. The van der Waals surface area contributed by atoms with Crippen molar-refractivity contribution in [2.45, 2.75) is 25.5 Å². The molecule has 20 heavy (non-hydrogen) atoms. The van der Waals surface area contributed by atoms with E-state index in [0.717, 1.165) is 11.3 Å². The molecule has 2 rings (SSSR count). The Labute approximate surface area is 122 Å². The Balaban J connectivity index is 2.01. The SMILES string of the molecule is CCNC(=O)C[C@@H]1SC(=Nc2ccc(C)cc2)NC1=O.